The quantitative estimate of drug-likeness (QED) is 0.0864. The van der Waals surface area contributed by atoms with Crippen molar-refractivity contribution >= 4 is 55.8 Å². The SMILES string of the molecule is CCCCOc1ccc(C(O)=C2C(=O)C(=O)N(c3nc(C)c(C(=O)OCC(C)C)s3)[C@@H]2c2cccc(Br)c2)cc1. The number of aliphatic hydroxyl groups excluding tert-OH is 1. The standard InChI is InChI=1S/C30H31BrN2O6S/c1-5-6-14-38-22-12-10-19(11-13-22)25(34)23-24(20-8-7-9-21(31)15-20)33(28(36)26(23)35)30-32-18(4)27(40-30)29(37)39-16-17(2)3/h7-13,15,17,24,34H,5-6,14,16H2,1-4H3/t24-/m1/s1. The topological polar surface area (TPSA) is 106 Å². The zero-order valence-corrected chi connectivity index (χ0v) is 25.2. The van der Waals surface area contributed by atoms with Crippen molar-refractivity contribution in [3.8, 4) is 5.75 Å². The highest BCUT2D eigenvalue weighted by Crippen LogP contribution is 2.44. The summed E-state index contributed by atoms with van der Waals surface area (Å²) in [6.07, 6.45) is 1.93. The van der Waals surface area contributed by atoms with Gasteiger partial charge in [-0.25, -0.2) is 9.78 Å². The minimum absolute atomic E-state index is 0.0699. The molecule has 40 heavy (non-hydrogen) atoms. The maximum absolute atomic E-state index is 13.5. The fraction of sp³-hybridized carbons (Fsp3) is 0.333. The number of Topliss-reactive ketones (excluding diaryl/α,β-unsaturated/α-hetero) is 1. The first-order valence-corrected chi connectivity index (χ1v) is 14.7. The lowest BCUT2D eigenvalue weighted by Crippen LogP contribution is -2.29. The van der Waals surface area contributed by atoms with Crippen LogP contribution in [0.4, 0.5) is 5.13 Å². The molecular weight excluding hydrogens is 596 g/mol. The van der Waals surface area contributed by atoms with Crippen LogP contribution in [-0.2, 0) is 14.3 Å². The molecule has 1 fully saturated rings. The lowest BCUT2D eigenvalue weighted by atomic mass is 9.95. The van der Waals surface area contributed by atoms with Gasteiger partial charge >= 0.3 is 11.9 Å². The summed E-state index contributed by atoms with van der Waals surface area (Å²) < 4.78 is 11.8. The number of carbonyl (C=O) groups is 3. The Bertz CT molecular complexity index is 1450. The van der Waals surface area contributed by atoms with Gasteiger partial charge in [0.25, 0.3) is 5.78 Å². The molecule has 1 atom stereocenters. The number of halogens is 1. The Kier molecular flexibility index (Phi) is 9.42. The van der Waals surface area contributed by atoms with E-state index in [1.165, 1.54) is 4.90 Å². The van der Waals surface area contributed by atoms with Crippen LogP contribution in [0.5, 0.6) is 5.75 Å². The Morgan fingerprint density at radius 1 is 1.18 bits per heavy atom. The molecule has 0 spiro atoms. The number of aliphatic hydroxyl groups is 1. The summed E-state index contributed by atoms with van der Waals surface area (Å²) in [5.74, 6) is -1.74. The number of hydrogen-bond acceptors (Lipinski definition) is 8. The van der Waals surface area contributed by atoms with Gasteiger partial charge in [-0.2, -0.15) is 0 Å². The van der Waals surface area contributed by atoms with E-state index in [9.17, 15) is 19.5 Å². The smallest absolute Gasteiger partial charge is 0.350 e. The third kappa shape index (κ3) is 6.28. The minimum atomic E-state index is -0.969. The van der Waals surface area contributed by atoms with Crippen LogP contribution >= 0.6 is 27.3 Å². The van der Waals surface area contributed by atoms with Gasteiger partial charge in [-0.05, 0) is 61.2 Å². The van der Waals surface area contributed by atoms with E-state index in [-0.39, 0.29) is 33.9 Å². The van der Waals surface area contributed by atoms with Crippen LogP contribution in [0, 0.1) is 12.8 Å². The van der Waals surface area contributed by atoms with E-state index in [4.69, 9.17) is 9.47 Å². The third-order valence-electron chi connectivity index (χ3n) is 6.23. The highest BCUT2D eigenvalue weighted by Gasteiger charge is 2.48. The average molecular weight is 628 g/mol. The molecule has 8 nitrogen and oxygen atoms in total. The molecule has 1 aliphatic heterocycles. The van der Waals surface area contributed by atoms with Gasteiger partial charge in [0, 0.05) is 10.0 Å². The van der Waals surface area contributed by atoms with Crippen molar-refractivity contribution in [2.45, 2.75) is 46.6 Å². The molecule has 0 radical (unpaired) electrons. The molecule has 1 N–H and O–H groups in total. The van der Waals surface area contributed by atoms with E-state index < -0.39 is 23.7 Å². The molecule has 10 heteroatoms. The molecule has 2 aromatic carbocycles. The summed E-state index contributed by atoms with van der Waals surface area (Å²) in [5, 5.41) is 11.6. The van der Waals surface area contributed by atoms with E-state index in [0.717, 1.165) is 28.7 Å². The second-order valence-electron chi connectivity index (χ2n) is 9.85. The Balaban J connectivity index is 1.78. The number of benzene rings is 2. The van der Waals surface area contributed by atoms with E-state index in [2.05, 4.69) is 27.8 Å². The van der Waals surface area contributed by atoms with Crippen LogP contribution in [0.3, 0.4) is 0 Å². The van der Waals surface area contributed by atoms with Crippen LogP contribution in [0.15, 0.2) is 58.6 Å². The number of unbranched alkanes of at least 4 members (excludes halogenated alkanes) is 1. The summed E-state index contributed by atoms with van der Waals surface area (Å²) in [6, 6.07) is 12.9. The fourth-order valence-corrected chi connectivity index (χ4v) is 5.61. The van der Waals surface area contributed by atoms with Gasteiger partial charge in [0.15, 0.2) is 5.13 Å². The zero-order valence-electron chi connectivity index (χ0n) is 22.8. The first-order chi connectivity index (χ1) is 19.1. The number of ketones is 1. The number of aryl methyl sites for hydroxylation is 1. The predicted molar refractivity (Wildman–Crippen MR) is 158 cm³/mol. The molecule has 0 aliphatic carbocycles. The van der Waals surface area contributed by atoms with Gasteiger partial charge in [-0.1, -0.05) is 66.6 Å². The van der Waals surface area contributed by atoms with Crippen LogP contribution in [0.2, 0.25) is 0 Å². The maximum atomic E-state index is 13.5. The number of ether oxygens (including phenoxy) is 2. The van der Waals surface area contributed by atoms with E-state index in [1.54, 1.807) is 49.4 Å². The molecule has 210 valence electrons. The first kappa shape index (κ1) is 29.5. The molecule has 0 bridgehead atoms. The molecule has 1 aromatic heterocycles. The second kappa shape index (κ2) is 12.8. The molecule has 1 saturated heterocycles. The molecule has 4 rings (SSSR count). The normalized spacial score (nSPS) is 16.6. The molecule has 3 aromatic rings. The number of amides is 1. The maximum Gasteiger partial charge on any atom is 0.350 e. The number of nitrogens with zero attached hydrogens (tertiary/aromatic N) is 2. The summed E-state index contributed by atoms with van der Waals surface area (Å²) in [4.78, 5) is 45.6. The summed E-state index contributed by atoms with van der Waals surface area (Å²) in [5.41, 5.74) is 1.28. The number of esters is 1. The van der Waals surface area contributed by atoms with E-state index in [1.807, 2.05) is 19.9 Å². The van der Waals surface area contributed by atoms with E-state index in [0.29, 0.717) is 29.2 Å². The lowest BCUT2D eigenvalue weighted by Gasteiger charge is -2.23. The summed E-state index contributed by atoms with van der Waals surface area (Å²) in [6.45, 7) is 8.42. The van der Waals surface area contributed by atoms with Crippen LogP contribution < -0.4 is 9.64 Å². The molecule has 0 saturated carbocycles. The number of thiazole rings is 1. The highest BCUT2D eigenvalue weighted by atomic mass is 79.9. The van der Waals surface area contributed by atoms with Crippen molar-refractivity contribution in [1.82, 2.24) is 4.98 Å². The minimum Gasteiger partial charge on any atom is -0.507 e. The van der Waals surface area contributed by atoms with Crippen molar-refractivity contribution in [1.29, 1.82) is 0 Å². The Morgan fingerprint density at radius 2 is 1.90 bits per heavy atom. The molecular formula is C30H31BrN2O6S. The van der Waals surface area contributed by atoms with Crippen molar-refractivity contribution < 1.29 is 29.0 Å². The monoisotopic (exact) mass is 626 g/mol. The van der Waals surface area contributed by atoms with Crippen molar-refractivity contribution in [2.24, 2.45) is 5.92 Å². The van der Waals surface area contributed by atoms with Crippen LogP contribution in [-0.4, -0.2) is 41.0 Å². The Morgan fingerprint density at radius 3 is 2.55 bits per heavy atom. The van der Waals surface area contributed by atoms with Gasteiger partial charge in [-0.15, -0.1) is 0 Å². The van der Waals surface area contributed by atoms with Gasteiger partial charge in [0.1, 0.15) is 16.4 Å². The molecule has 1 amide bonds. The van der Waals surface area contributed by atoms with Gasteiger partial charge in [0.2, 0.25) is 0 Å². The van der Waals surface area contributed by atoms with Gasteiger partial charge in [0.05, 0.1) is 30.5 Å². The largest absolute Gasteiger partial charge is 0.507 e. The van der Waals surface area contributed by atoms with Crippen molar-refractivity contribution in [3.05, 3.63) is 80.3 Å². The highest BCUT2D eigenvalue weighted by molar-refractivity contribution is 9.10. The second-order valence-corrected chi connectivity index (χ2v) is 11.7. The number of aromatic nitrogens is 1. The number of hydrogen-bond donors (Lipinski definition) is 1. The van der Waals surface area contributed by atoms with Gasteiger partial charge < -0.3 is 14.6 Å². The Labute approximate surface area is 245 Å². The van der Waals surface area contributed by atoms with Gasteiger partial charge in [-0.3, -0.25) is 14.5 Å². The van der Waals surface area contributed by atoms with Crippen molar-refractivity contribution in [3.63, 3.8) is 0 Å². The average Bonchev–Trinajstić information content (AvgIpc) is 3.44. The Hall–Kier alpha value is -3.50. The summed E-state index contributed by atoms with van der Waals surface area (Å²) in [7, 11) is 0. The third-order valence-corrected chi connectivity index (χ3v) is 7.86. The fourth-order valence-electron chi connectivity index (χ4n) is 4.20. The molecule has 0 unspecified atom stereocenters. The molecule has 2 heterocycles. The number of carbonyl (C=O) groups excluding carboxylic acids is 3. The van der Waals surface area contributed by atoms with Crippen LogP contribution in [0.25, 0.3) is 5.76 Å². The summed E-state index contributed by atoms with van der Waals surface area (Å²) >= 11 is 4.44. The van der Waals surface area contributed by atoms with Crippen LogP contribution in [0.1, 0.15) is 66.1 Å². The first-order valence-electron chi connectivity index (χ1n) is 13.1. The number of anilines is 1. The van der Waals surface area contributed by atoms with Crippen molar-refractivity contribution in [2.75, 3.05) is 18.1 Å². The zero-order chi connectivity index (χ0) is 29.0. The lowest BCUT2D eigenvalue weighted by molar-refractivity contribution is -0.132. The number of rotatable bonds is 10. The predicted octanol–water partition coefficient (Wildman–Crippen LogP) is 6.83. The van der Waals surface area contributed by atoms with E-state index >= 15 is 0 Å². The molecule has 1 aliphatic rings.